The van der Waals surface area contributed by atoms with E-state index < -0.39 is 7.40 Å². The number of aromatic nitrogens is 1. The van der Waals surface area contributed by atoms with Gasteiger partial charge in [-0.2, -0.15) is 0 Å². The molecule has 0 atom stereocenters. The van der Waals surface area contributed by atoms with E-state index in [9.17, 15) is 8.63 Å². The first-order valence-corrected chi connectivity index (χ1v) is 10.3. The van der Waals surface area contributed by atoms with Crippen LogP contribution in [0.4, 0.5) is 8.63 Å². The lowest BCUT2D eigenvalue weighted by molar-refractivity contribution is 0.631. The van der Waals surface area contributed by atoms with Crippen LogP contribution in [0.2, 0.25) is 0 Å². The lowest BCUT2D eigenvalue weighted by Gasteiger charge is -2.11. The Bertz CT molecular complexity index is 1230. The summed E-state index contributed by atoms with van der Waals surface area (Å²) in [7, 11) is -2.67. The van der Waals surface area contributed by atoms with Gasteiger partial charge in [-0.3, -0.25) is 13.6 Å². The fourth-order valence-electron chi connectivity index (χ4n) is 4.60. The molecule has 152 valence electrons. The molecular weight excluding hydrogens is 377 g/mol. The second kappa shape index (κ2) is 7.71. The van der Waals surface area contributed by atoms with Crippen molar-refractivity contribution in [1.82, 2.24) is 4.48 Å². The Hall–Kier alpha value is -2.95. The Morgan fingerprint density at radius 3 is 2.17 bits per heavy atom. The summed E-state index contributed by atoms with van der Waals surface area (Å²) in [5.41, 5.74) is 7.95. The van der Waals surface area contributed by atoms with Gasteiger partial charge in [-0.25, -0.2) is 0 Å². The molecule has 0 spiro atoms. The van der Waals surface area contributed by atoms with Crippen molar-refractivity contribution >= 4 is 30.0 Å². The Kier molecular flexibility index (Phi) is 5.23. The lowest BCUT2D eigenvalue weighted by atomic mass is 10.0. The number of aliphatic imine (C=N–C) groups is 1. The normalized spacial score (nSPS) is 15.4. The number of benzene rings is 2. The summed E-state index contributed by atoms with van der Waals surface area (Å²) in [6.07, 6.45) is 2.70. The quantitative estimate of drug-likeness (QED) is 0.410. The summed E-state index contributed by atoms with van der Waals surface area (Å²) in [6, 6.07) is 13.6. The molecule has 30 heavy (non-hydrogen) atoms. The zero-order valence-electron chi connectivity index (χ0n) is 18.1. The topological polar surface area (TPSA) is 17.3 Å². The highest BCUT2D eigenvalue weighted by atomic mass is 19.2. The van der Waals surface area contributed by atoms with E-state index in [0.717, 1.165) is 55.3 Å². The van der Waals surface area contributed by atoms with Gasteiger partial charge in [0.05, 0.1) is 5.70 Å². The predicted octanol–water partition coefficient (Wildman–Crippen LogP) is 7.24. The molecule has 2 nitrogen and oxygen atoms in total. The van der Waals surface area contributed by atoms with E-state index >= 15 is 0 Å². The Morgan fingerprint density at radius 1 is 0.967 bits per heavy atom. The van der Waals surface area contributed by atoms with Crippen molar-refractivity contribution < 1.29 is 8.63 Å². The number of hydrogen-bond acceptors (Lipinski definition) is 1. The van der Waals surface area contributed by atoms with Gasteiger partial charge in [-0.15, -0.1) is 0 Å². The standard InChI is InChI=1S/C25H25BF2N2/c1-6-20-17(4)23(29-18(20)5)14-24-21-9-7-8-10-22(21)25(30(24)26(27)28)19-12-15(2)11-16(3)13-19/h7-14H,6H2,1-5H3/b23-14-. The molecule has 4 rings (SSSR count). The number of aryl methyl sites for hydroxylation is 2. The highest BCUT2D eigenvalue weighted by Crippen LogP contribution is 2.38. The van der Waals surface area contributed by atoms with Gasteiger partial charge >= 0.3 is 7.40 Å². The predicted molar refractivity (Wildman–Crippen MR) is 124 cm³/mol. The van der Waals surface area contributed by atoms with Crippen LogP contribution in [0.15, 0.2) is 64.3 Å². The van der Waals surface area contributed by atoms with Crippen molar-refractivity contribution in [2.24, 2.45) is 4.99 Å². The molecule has 1 aromatic heterocycles. The third kappa shape index (κ3) is 3.32. The van der Waals surface area contributed by atoms with Crippen LogP contribution in [0.1, 0.15) is 44.0 Å². The number of nitrogens with zero attached hydrogens (tertiary/aromatic N) is 2. The maximum atomic E-state index is 14.5. The third-order valence-electron chi connectivity index (χ3n) is 5.84. The fraction of sp³-hybridized carbons (Fsp3) is 0.240. The summed E-state index contributed by atoms with van der Waals surface area (Å²) in [5.74, 6) is 0. The molecule has 2 aromatic carbocycles. The summed E-state index contributed by atoms with van der Waals surface area (Å²) in [5, 5.41) is 1.63. The van der Waals surface area contributed by atoms with E-state index in [1.165, 1.54) is 5.57 Å². The Balaban J connectivity index is 2.06. The molecule has 1 aliphatic rings. The van der Waals surface area contributed by atoms with E-state index in [1.807, 2.05) is 70.2 Å². The van der Waals surface area contributed by atoms with Crippen LogP contribution in [0.5, 0.6) is 0 Å². The van der Waals surface area contributed by atoms with Crippen molar-refractivity contribution in [1.29, 1.82) is 0 Å². The molecule has 0 saturated heterocycles. The summed E-state index contributed by atoms with van der Waals surface area (Å²) in [4.78, 5) is 4.68. The van der Waals surface area contributed by atoms with Gasteiger partial charge < -0.3 is 4.48 Å². The molecule has 1 aliphatic heterocycles. The molecule has 0 saturated carbocycles. The smallest absolute Gasteiger partial charge is 0.324 e. The highest BCUT2D eigenvalue weighted by molar-refractivity contribution is 6.43. The molecule has 0 bridgehead atoms. The monoisotopic (exact) mass is 402 g/mol. The largest absolute Gasteiger partial charge is 0.678 e. The van der Waals surface area contributed by atoms with Gasteiger partial charge in [-0.05, 0) is 69.0 Å². The van der Waals surface area contributed by atoms with Crippen LogP contribution in [0.3, 0.4) is 0 Å². The van der Waals surface area contributed by atoms with E-state index in [4.69, 9.17) is 0 Å². The second-order valence-corrected chi connectivity index (χ2v) is 7.99. The number of rotatable bonds is 4. The van der Waals surface area contributed by atoms with Gasteiger partial charge in [-0.1, -0.05) is 48.4 Å². The van der Waals surface area contributed by atoms with Crippen LogP contribution < -0.4 is 0 Å². The minimum atomic E-state index is -2.67. The fourth-order valence-corrected chi connectivity index (χ4v) is 4.60. The van der Waals surface area contributed by atoms with Crippen LogP contribution in [0, 0.1) is 13.8 Å². The molecule has 0 N–H and O–H groups in total. The third-order valence-corrected chi connectivity index (χ3v) is 5.84. The van der Waals surface area contributed by atoms with Gasteiger partial charge in [0.15, 0.2) is 0 Å². The summed E-state index contributed by atoms with van der Waals surface area (Å²) >= 11 is 0. The van der Waals surface area contributed by atoms with Crippen molar-refractivity contribution in [3.05, 3.63) is 76.1 Å². The average molecular weight is 402 g/mol. The van der Waals surface area contributed by atoms with Crippen molar-refractivity contribution in [3.8, 4) is 11.3 Å². The van der Waals surface area contributed by atoms with Crippen LogP contribution in [-0.2, 0) is 0 Å². The van der Waals surface area contributed by atoms with Gasteiger partial charge in [0, 0.05) is 27.9 Å². The molecule has 0 amide bonds. The summed E-state index contributed by atoms with van der Waals surface area (Å²) in [6.45, 7) is 10.1. The number of halogens is 2. The van der Waals surface area contributed by atoms with E-state index in [1.54, 1.807) is 0 Å². The van der Waals surface area contributed by atoms with Gasteiger partial charge in [0.25, 0.3) is 0 Å². The molecule has 0 aliphatic carbocycles. The molecule has 0 fully saturated rings. The zero-order chi connectivity index (χ0) is 21.6. The van der Waals surface area contributed by atoms with Crippen LogP contribution >= 0.6 is 0 Å². The SMILES string of the molecule is CCC1=C(C)/C(=C/c2c3ccccc3c(-c3cc(C)cc(C)c3)n2B(F)F)N=C1C. The van der Waals surface area contributed by atoms with Crippen molar-refractivity contribution in [2.45, 2.75) is 41.0 Å². The van der Waals surface area contributed by atoms with E-state index in [2.05, 4.69) is 18.0 Å². The number of fused-ring (bicyclic) bond motifs is 1. The first kappa shape index (κ1) is 20.3. The number of hydrogen-bond donors (Lipinski definition) is 0. The zero-order valence-corrected chi connectivity index (χ0v) is 18.1. The van der Waals surface area contributed by atoms with Crippen LogP contribution in [0.25, 0.3) is 28.1 Å². The minimum absolute atomic E-state index is 0.498. The van der Waals surface area contributed by atoms with Crippen molar-refractivity contribution in [2.75, 3.05) is 0 Å². The first-order valence-electron chi connectivity index (χ1n) is 10.3. The maximum absolute atomic E-state index is 14.5. The molecular formula is C25H25BF2N2. The molecule has 5 heteroatoms. The first-order chi connectivity index (χ1) is 14.3. The minimum Gasteiger partial charge on any atom is -0.324 e. The lowest BCUT2D eigenvalue weighted by Crippen LogP contribution is -2.16. The molecule has 3 aromatic rings. The maximum Gasteiger partial charge on any atom is 0.678 e. The highest BCUT2D eigenvalue weighted by Gasteiger charge is 2.28. The molecule has 0 unspecified atom stereocenters. The van der Waals surface area contributed by atoms with Crippen molar-refractivity contribution in [3.63, 3.8) is 0 Å². The van der Waals surface area contributed by atoms with Gasteiger partial charge in [0.1, 0.15) is 0 Å². The Labute approximate surface area is 176 Å². The second-order valence-electron chi connectivity index (χ2n) is 7.99. The number of allylic oxidation sites excluding steroid dienone is 2. The van der Waals surface area contributed by atoms with Crippen LogP contribution in [-0.4, -0.2) is 17.6 Å². The van der Waals surface area contributed by atoms with E-state index in [0.29, 0.717) is 11.4 Å². The average Bonchev–Trinajstić information content (AvgIpc) is 3.15. The molecule has 2 heterocycles. The Morgan fingerprint density at radius 2 is 1.60 bits per heavy atom. The van der Waals surface area contributed by atoms with Gasteiger partial charge in [0.2, 0.25) is 0 Å². The molecule has 0 radical (unpaired) electrons. The van der Waals surface area contributed by atoms with E-state index in [-0.39, 0.29) is 0 Å². The summed E-state index contributed by atoms with van der Waals surface area (Å²) < 4.78 is 30.1.